The van der Waals surface area contributed by atoms with Crippen LogP contribution in [0.3, 0.4) is 0 Å². The van der Waals surface area contributed by atoms with Crippen molar-refractivity contribution in [2.45, 2.75) is 32.4 Å². The number of aryl methyl sites for hydroxylation is 1. The van der Waals surface area contributed by atoms with E-state index in [4.69, 9.17) is 0 Å². The molecule has 0 radical (unpaired) electrons. The van der Waals surface area contributed by atoms with Gasteiger partial charge in [-0.2, -0.15) is 15.0 Å². The topological polar surface area (TPSA) is 42.7 Å². The molecule has 1 saturated carbocycles. The minimum absolute atomic E-state index is 0.705. The molecule has 1 aliphatic rings. The predicted molar refractivity (Wildman–Crippen MR) is 66.0 cm³/mol. The third kappa shape index (κ3) is 2.36. The molecule has 1 aromatic carbocycles. The third-order valence-corrected chi connectivity index (χ3v) is 3.00. The zero-order chi connectivity index (χ0) is 11.7. The fourth-order valence-corrected chi connectivity index (χ4v) is 1.78. The fourth-order valence-electron chi connectivity index (χ4n) is 1.78. The number of rotatable bonds is 4. The highest BCUT2D eigenvalue weighted by atomic mass is 15.5. The largest absolute Gasteiger partial charge is 0.308 e. The van der Waals surface area contributed by atoms with Gasteiger partial charge in [-0.3, -0.25) is 0 Å². The molecule has 2 aromatic rings. The van der Waals surface area contributed by atoms with Gasteiger partial charge in [-0.05, 0) is 31.9 Å². The first-order valence-corrected chi connectivity index (χ1v) is 6.04. The Morgan fingerprint density at radius 2 is 2.00 bits per heavy atom. The molecule has 0 unspecified atom stereocenters. The van der Waals surface area contributed by atoms with Crippen LogP contribution in [0.4, 0.5) is 0 Å². The molecule has 0 spiro atoms. The number of benzene rings is 1. The molecule has 3 rings (SSSR count). The summed E-state index contributed by atoms with van der Waals surface area (Å²) in [5, 5.41) is 12.4. The first-order chi connectivity index (χ1) is 8.33. The number of para-hydroxylation sites is 1. The number of aromatic nitrogens is 3. The third-order valence-electron chi connectivity index (χ3n) is 3.00. The average Bonchev–Trinajstić information content (AvgIpc) is 3.12. The van der Waals surface area contributed by atoms with Crippen LogP contribution in [0.25, 0.3) is 5.69 Å². The van der Waals surface area contributed by atoms with Crippen molar-refractivity contribution in [3.8, 4) is 5.69 Å². The van der Waals surface area contributed by atoms with Gasteiger partial charge in [0.05, 0.1) is 17.1 Å². The second kappa shape index (κ2) is 4.30. The minimum Gasteiger partial charge on any atom is -0.308 e. The lowest BCUT2D eigenvalue weighted by atomic mass is 10.3. The minimum atomic E-state index is 0.705. The van der Waals surface area contributed by atoms with Crippen LogP contribution in [0.15, 0.2) is 30.3 Å². The normalized spacial score (nSPS) is 15.1. The number of nitrogens with zero attached hydrogens (tertiary/aromatic N) is 3. The summed E-state index contributed by atoms with van der Waals surface area (Å²) in [4.78, 5) is 1.71. The van der Waals surface area contributed by atoms with Crippen LogP contribution < -0.4 is 5.32 Å². The van der Waals surface area contributed by atoms with E-state index in [2.05, 4.69) is 15.5 Å². The van der Waals surface area contributed by atoms with Crippen LogP contribution in [-0.2, 0) is 6.54 Å². The smallest absolute Gasteiger partial charge is 0.0998 e. The SMILES string of the molecule is Cc1nn(-c2ccccc2)nc1CNC1CC1. The quantitative estimate of drug-likeness (QED) is 0.868. The Morgan fingerprint density at radius 3 is 2.71 bits per heavy atom. The summed E-state index contributed by atoms with van der Waals surface area (Å²) >= 11 is 0. The van der Waals surface area contributed by atoms with Gasteiger partial charge in [-0.1, -0.05) is 18.2 Å². The van der Waals surface area contributed by atoms with Gasteiger partial charge < -0.3 is 5.32 Å². The molecule has 17 heavy (non-hydrogen) atoms. The van der Waals surface area contributed by atoms with E-state index in [1.54, 1.807) is 4.80 Å². The highest BCUT2D eigenvalue weighted by molar-refractivity contribution is 5.29. The van der Waals surface area contributed by atoms with Crippen molar-refractivity contribution in [2.75, 3.05) is 0 Å². The van der Waals surface area contributed by atoms with Gasteiger partial charge in [-0.25, -0.2) is 0 Å². The van der Waals surface area contributed by atoms with Crippen LogP contribution in [0.1, 0.15) is 24.2 Å². The van der Waals surface area contributed by atoms with Crippen LogP contribution in [-0.4, -0.2) is 21.0 Å². The highest BCUT2D eigenvalue weighted by Gasteiger charge is 2.21. The summed E-state index contributed by atoms with van der Waals surface area (Å²) in [6.07, 6.45) is 2.59. The van der Waals surface area contributed by atoms with Crippen LogP contribution in [0.5, 0.6) is 0 Å². The number of hydrogen-bond acceptors (Lipinski definition) is 3. The van der Waals surface area contributed by atoms with Crippen molar-refractivity contribution < 1.29 is 0 Å². The molecule has 0 saturated heterocycles. The Balaban J connectivity index is 1.79. The molecule has 1 N–H and O–H groups in total. The molecule has 1 aromatic heterocycles. The van der Waals surface area contributed by atoms with Crippen molar-refractivity contribution in [1.29, 1.82) is 0 Å². The Labute approximate surface area is 101 Å². The first-order valence-electron chi connectivity index (χ1n) is 6.04. The molecule has 1 fully saturated rings. The highest BCUT2D eigenvalue weighted by Crippen LogP contribution is 2.19. The molecule has 0 atom stereocenters. The van der Waals surface area contributed by atoms with E-state index in [0.717, 1.165) is 23.6 Å². The molecule has 1 heterocycles. The first kappa shape index (κ1) is 10.5. The second-order valence-corrected chi connectivity index (χ2v) is 4.51. The summed E-state index contributed by atoms with van der Waals surface area (Å²) in [7, 11) is 0. The maximum Gasteiger partial charge on any atom is 0.0998 e. The summed E-state index contributed by atoms with van der Waals surface area (Å²) in [5.74, 6) is 0. The standard InChI is InChI=1S/C13H16N4/c1-10-13(9-14-11-7-8-11)16-17(15-10)12-5-3-2-4-6-12/h2-6,11,14H,7-9H2,1H3. The molecule has 0 amide bonds. The molecular weight excluding hydrogens is 212 g/mol. The van der Waals surface area contributed by atoms with E-state index in [9.17, 15) is 0 Å². The van der Waals surface area contributed by atoms with Crippen molar-refractivity contribution in [1.82, 2.24) is 20.3 Å². The molecule has 1 aliphatic carbocycles. The molecule has 4 heteroatoms. The van der Waals surface area contributed by atoms with E-state index in [1.807, 2.05) is 37.3 Å². The molecule has 88 valence electrons. The van der Waals surface area contributed by atoms with E-state index >= 15 is 0 Å². The fraction of sp³-hybridized carbons (Fsp3) is 0.385. The van der Waals surface area contributed by atoms with Crippen LogP contribution >= 0.6 is 0 Å². The Bertz CT molecular complexity index is 499. The zero-order valence-electron chi connectivity index (χ0n) is 9.93. The van der Waals surface area contributed by atoms with Crippen LogP contribution in [0.2, 0.25) is 0 Å². The van der Waals surface area contributed by atoms with Gasteiger partial charge in [0.15, 0.2) is 0 Å². The van der Waals surface area contributed by atoms with Gasteiger partial charge in [0.25, 0.3) is 0 Å². The number of hydrogen-bond donors (Lipinski definition) is 1. The molecular formula is C13H16N4. The number of nitrogens with one attached hydrogen (secondary N) is 1. The van der Waals surface area contributed by atoms with Crippen molar-refractivity contribution in [2.24, 2.45) is 0 Å². The lowest BCUT2D eigenvalue weighted by Crippen LogP contribution is -2.16. The maximum atomic E-state index is 4.52. The lowest BCUT2D eigenvalue weighted by molar-refractivity contribution is 0.658. The van der Waals surface area contributed by atoms with E-state index < -0.39 is 0 Å². The van der Waals surface area contributed by atoms with E-state index in [1.165, 1.54) is 12.8 Å². The van der Waals surface area contributed by atoms with E-state index in [-0.39, 0.29) is 0 Å². The van der Waals surface area contributed by atoms with Crippen LogP contribution in [0, 0.1) is 6.92 Å². The van der Waals surface area contributed by atoms with Gasteiger partial charge in [-0.15, -0.1) is 0 Å². The summed E-state index contributed by atoms with van der Waals surface area (Å²) in [6.45, 7) is 2.83. The second-order valence-electron chi connectivity index (χ2n) is 4.51. The Morgan fingerprint density at radius 1 is 1.24 bits per heavy atom. The molecule has 0 aliphatic heterocycles. The van der Waals surface area contributed by atoms with Gasteiger partial charge in [0.1, 0.15) is 0 Å². The van der Waals surface area contributed by atoms with Gasteiger partial charge in [0, 0.05) is 12.6 Å². The molecule has 0 bridgehead atoms. The summed E-state index contributed by atoms with van der Waals surface area (Å²) in [5.41, 5.74) is 3.05. The van der Waals surface area contributed by atoms with Crippen molar-refractivity contribution in [3.63, 3.8) is 0 Å². The monoisotopic (exact) mass is 228 g/mol. The van der Waals surface area contributed by atoms with Crippen molar-refractivity contribution in [3.05, 3.63) is 41.7 Å². The predicted octanol–water partition coefficient (Wildman–Crippen LogP) is 1.83. The molecule has 4 nitrogen and oxygen atoms in total. The average molecular weight is 228 g/mol. The Kier molecular flexibility index (Phi) is 2.65. The summed E-state index contributed by atoms with van der Waals surface area (Å²) in [6, 6.07) is 10.7. The van der Waals surface area contributed by atoms with E-state index in [0.29, 0.717) is 6.04 Å². The van der Waals surface area contributed by atoms with Crippen molar-refractivity contribution >= 4 is 0 Å². The maximum absolute atomic E-state index is 4.52. The Hall–Kier alpha value is -1.68. The van der Waals surface area contributed by atoms with Gasteiger partial charge in [0.2, 0.25) is 0 Å². The zero-order valence-corrected chi connectivity index (χ0v) is 9.93. The summed E-state index contributed by atoms with van der Waals surface area (Å²) < 4.78 is 0. The lowest BCUT2D eigenvalue weighted by Gasteiger charge is -1.99. The van der Waals surface area contributed by atoms with Gasteiger partial charge >= 0.3 is 0 Å².